The monoisotopic (exact) mass is 441 g/mol. The molecule has 1 fully saturated rings. The summed E-state index contributed by atoms with van der Waals surface area (Å²) in [6, 6.07) is 3.52. The molecule has 0 spiro atoms. The number of carbonyl (C=O) groups excluding carboxylic acids is 2. The van der Waals surface area contributed by atoms with Crippen molar-refractivity contribution in [3.8, 4) is 6.07 Å². The van der Waals surface area contributed by atoms with E-state index in [4.69, 9.17) is 10.00 Å². The van der Waals surface area contributed by atoms with Gasteiger partial charge in [0.1, 0.15) is 6.04 Å². The zero-order chi connectivity index (χ0) is 23.2. The predicted octanol–water partition coefficient (Wildman–Crippen LogP) is 1.95. The summed E-state index contributed by atoms with van der Waals surface area (Å²) in [5.74, 6) is -0.426. The van der Waals surface area contributed by atoms with Gasteiger partial charge >= 0.3 is 12.2 Å². The van der Waals surface area contributed by atoms with Gasteiger partial charge in [-0.05, 0) is 32.0 Å². The number of rotatable bonds is 6. The van der Waals surface area contributed by atoms with Gasteiger partial charge in [-0.2, -0.15) is 18.4 Å². The molecule has 1 aliphatic rings. The van der Waals surface area contributed by atoms with Gasteiger partial charge in [0.25, 0.3) is 0 Å². The highest BCUT2D eigenvalue weighted by Crippen LogP contribution is 2.35. The van der Waals surface area contributed by atoms with E-state index in [-0.39, 0.29) is 44.5 Å². The third-order valence-corrected chi connectivity index (χ3v) is 4.76. The lowest BCUT2D eigenvalue weighted by molar-refractivity contribution is -0.137. The van der Waals surface area contributed by atoms with Crippen molar-refractivity contribution in [3.05, 3.63) is 29.3 Å². The van der Waals surface area contributed by atoms with Crippen LogP contribution in [0.5, 0.6) is 0 Å². The molecule has 0 bridgehead atoms. The number of methoxy groups -OCH3 is 1. The Hall–Kier alpha value is -3.00. The number of nitrogens with zero attached hydrogens (tertiary/aromatic N) is 3. The Bertz CT molecular complexity index is 838. The van der Waals surface area contributed by atoms with Crippen LogP contribution in [0.2, 0.25) is 0 Å². The van der Waals surface area contributed by atoms with Crippen LogP contribution in [0.25, 0.3) is 0 Å². The Balaban J connectivity index is 2.29. The van der Waals surface area contributed by atoms with Gasteiger partial charge in [-0.3, -0.25) is 4.79 Å². The van der Waals surface area contributed by atoms with E-state index in [1.165, 1.54) is 18.1 Å². The zero-order valence-corrected chi connectivity index (χ0v) is 17.6. The van der Waals surface area contributed by atoms with Gasteiger partial charge < -0.3 is 25.2 Å². The van der Waals surface area contributed by atoms with E-state index in [2.05, 4.69) is 10.6 Å². The largest absolute Gasteiger partial charge is 0.417 e. The number of nitrogens with one attached hydrogen (secondary N) is 2. The first-order valence-corrected chi connectivity index (χ1v) is 9.78. The topological polar surface area (TPSA) is 97.7 Å². The number of anilines is 1. The minimum absolute atomic E-state index is 0.00747. The Kier molecular flexibility index (Phi) is 8.10. The highest BCUT2D eigenvalue weighted by molar-refractivity contribution is 5.88. The molecule has 8 nitrogen and oxygen atoms in total. The fraction of sp³-hybridized carbons (Fsp3) is 0.550. The summed E-state index contributed by atoms with van der Waals surface area (Å²) < 4.78 is 44.9. The summed E-state index contributed by atoms with van der Waals surface area (Å²) in [5.41, 5.74) is -1.28. The Labute approximate surface area is 178 Å². The van der Waals surface area contributed by atoms with Crippen LogP contribution in [0.4, 0.5) is 23.7 Å². The van der Waals surface area contributed by atoms with Crippen LogP contribution in [-0.4, -0.2) is 68.8 Å². The smallest absolute Gasteiger partial charge is 0.383 e. The number of halogens is 3. The van der Waals surface area contributed by atoms with Crippen LogP contribution >= 0.6 is 0 Å². The van der Waals surface area contributed by atoms with Gasteiger partial charge in [-0.1, -0.05) is 0 Å². The standard InChI is InChI=1S/C20H26F3N5O3/c1-13(2)26-19(30)28-8-7-27(12-17(28)18(29)25-6-9-31-3)15-5-4-14(11-24)16(10-15)20(21,22)23/h4-5,10,13,17H,6-9,12H2,1-3H3,(H,25,29)(H,26,30). The average Bonchev–Trinajstić information content (AvgIpc) is 2.71. The number of piperazine rings is 1. The molecular formula is C20H26F3N5O3. The summed E-state index contributed by atoms with van der Waals surface area (Å²) >= 11 is 0. The fourth-order valence-corrected chi connectivity index (χ4v) is 3.27. The number of ether oxygens (including phenoxy) is 1. The molecule has 1 unspecified atom stereocenters. The molecule has 0 radical (unpaired) electrons. The second kappa shape index (κ2) is 10.3. The van der Waals surface area contributed by atoms with Gasteiger partial charge in [0.2, 0.25) is 5.91 Å². The number of nitriles is 1. The molecule has 3 amide bonds. The molecule has 1 atom stereocenters. The van der Waals surface area contributed by atoms with Crippen molar-refractivity contribution in [3.63, 3.8) is 0 Å². The third kappa shape index (κ3) is 6.24. The number of urea groups is 1. The van der Waals surface area contributed by atoms with Crippen molar-refractivity contribution >= 4 is 17.6 Å². The lowest BCUT2D eigenvalue weighted by Gasteiger charge is -2.41. The molecule has 0 aliphatic carbocycles. The number of benzene rings is 1. The summed E-state index contributed by atoms with van der Waals surface area (Å²) in [6.45, 7) is 4.48. The van der Waals surface area contributed by atoms with E-state index in [1.54, 1.807) is 24.8 Å². The first kappa shape index (κ1) is 24.3. The number of hydrogen-bond donors (Lipinski definition) is 2. The lowest BCUT2D eigenvalue weighted by Crippen LogP contribution is -2.63. The number of hydrogen-bond acceptors (Lipinski definition) is 5. The van der Waals surface area contributed by atoms with Crippen LogP contribution in [0, 0.1) is 11.3 Å². The Morgan fingerprint density at radius 2 is 2.03 bits per heavy atom. The Morgan fingerprint density at radius 1 is 1.32 bits per heavy atom. The van der Waals surface area contributed by atoms with Crippen molar-refractivity contribution in [2.45, 2.75) is 32.1 Å². The normalized spacial score (nSPS) is 16.8. The van der Waals surface area contributed by atoms with E-state index in [0.717, 1.165) is 12.1 Å². The van der Waals surface area contributed by atoms with E-state index in [9.17, 15) is 22.8 Å². The molecule has 0 saturated carbocycles. The van der Waals surface area contributed by atoms with E-state index >= 15 is 0 Å². The van der Waals surface area contributed by atoms with Gasteiger partial charge in [0, 0.05) is 45.0 Å². The van der Waals surface area contributed by atoms with Gasteiger partial charge in [0.15, 0.2) is 0 Å². The molecule has 11 heteroatoms. The molecule has 1 aromatic carbocycles. The maximum absolute atomic E-state index is 13.3. The first-order chi connectivity index (χ1) is 14.6. The summed E-state index contributed by atoms with van der Waals surface area (Å²) in [6.07, 6.45) is -4.68. The molecule has 0 aromatic heterocycles. The van der Waals surface area contributed by atoms with Gasteiger partial charge in [-0.25, -0.2) is 4.79 Å². The highest BCUT2D eigenvalue weighted by atomic mass is 19.4. The van der Waals surface area contributed by atoms with Gasteiger partial charge in [0.05, 0.1) is 23.8 Å². The van der Waals surface area contributed by atoms with Crippen molar-refractivity contribution in [2.24, 2.45) is 0 Å². The molecule has 2 rings (SSSR count). The van der Waals surface area contributed by atoms with Crippen molar-refractivity contribution < 1.29 is 27.5 Å². The van der Waals surface area contributed by atoms with E-state index in [0.29, 0.717) is 0 Å². The zero-order valence-electron chi connectivity index (χ0n) is 17.6. The van der Waals surface area contributed by atoms with Crippen LogP contribution in [0.3, 0.4) is 0 Å². The molecule has 31 heavy (non-hydrogen) atoms. The first-order valence-electron chi connectivity index (χ1n) is 9.78. The van der Waals surface area contributed by atoms with Crippen molar-refractivity contribution in [2.75, 3.05) is 44.8 Å². The van der Waals surface area contributed by atoms with Crippen LogP contribution in [0.15, 0.2) is 18.2 Å². The number of amides is 3. The summed E-state index contributed by atoms with van der Waals surface area (Å²) in [5, 5.41) is 14.4. The van der Waals surface area contributed by atoms with Crippen molar-refractivity contribution in [1.82, 2.24) is 15.5 Å². The second-order valence-electron chi connectivity index (χ2n) is 7.38. The Morgan fingerprint density at radius 3 is 2.61 bits per heavy atom. The molecule has 1 heterocycles. The molecule has 2 N–H and O–H groups in total. The molecule has 1 aliphatic heterocycles. The van der Waals surface area contributed by atoms with Crippen LogP contribution < -0.4 is 15.5 Å². The fourth-order valence-electron chi connectivity index (χ4n) is 3.27. The second-order valence-corrected chi connectivity index (χ2v) is 7.38. The number of alkyl halides is 3. The van der Waals surface area contributed by atoms with Gasteiger partial charge in [-0.15, -0.1) is 0 Å². The average molecular weight is 441 g/mol. The molecular weight excluding hydrogens is 415 g/mol. The maximum atomic E-state index is 13.3. The quantitative estimate of drug-likeness (QED) is 0.658. The highest BCUT2D eigenvalue weighted by Gasteiger charge is 2.38. The molecule has 1 saturated heterocycles. The maximum Gasteiger partial charge on any atom is 0.417 e. The minimum Gasteiger partial charge on any atom is -0.383 e. The van der Waals surface area contributed by atoms with Crippen LogP contribution in [-0.2, 0) is 15.7 Å². The van der Waals surface area contributed by atoms with Crippen molar-refractivity contribution in [1.29, 1.82) is 5.26 Å². The van der Waals surface area contributed by atoms with E-state index < -0.39 is 35.3 Å². The van der Waals surface area contributed by atoms with E-state index in [1.807, 2.05) is 0 Å². The third-order valence-electron chi connectivity index (χ3n) is 4.76. The SMILES string of the molecule is COCCNC(=O)C1CN(c2ccc(C#N)c(C(F)(F)F)c2)CCN1C(=O)NC(C)C. The predicted molar refractivity (Wildman–Crippen MR) is 107 cm³/mol. The molecule has 1 aromatic rings. The lowest BCUT2D eigenvalue weighted by atomic mass is 10.0. The summed E-state index contributed by atoms with van der Waals surface area (Å²) in [4.78, 5) is 28.3. The number of carbonyl (C=O) groups is 2. The van der Waals surface area contributed by atoms with Crippen LogP contribution in [0.1, 0.15) is 25.0 Å². The molecule has 170 valence electrons. The minimum atomic E-state index is -4.68. The summed E-state index contributed by atoms with van der Waals surface area (Å²) in [7, 11) is 1.49.